The van der Waals surface area contributed by atoms with E-state index in [9.17, 15) is 4.79 Å². The standard InChI is InChI=1S/C17H19N3O2S2/c1-10-7-11(2)15-14(8-10)20(5-6-23-4)17(24-15)18-16(21)13-9-12(3)22-19-13/h7-9H,5-6H2,1-4H3. The molecule has 0 saturated carbocycles. The first kappa shape index (κ1) is 17.0. The van der Waals surface area contributed by atoms with Crippen molar-refractivity contribution in [3.8, 4) is 0 Å². The van der Waals surface area contributed by atoms with E-state index >= 15 is 0 Å². The van der Waals surface area contributed by atoms with Gasteiger partial charge in [-0.1, -0.05) is 22.6 Å². The smallest absolute Gasteiger partial charge is 0.301 e. The van der Waals surface area contributed by atoms with Crippen molar-refractivity contribution in [3.63, 3.8) is 0 Å². The number of rotatable bonds is 4. The van der Waals surface area contributed by atoms with E-state index < -0.39 is 0 Å². The van der Waals surface area contributed by atoms with Gasteiger partial charge in [0.2, 0.25) is 0 Å². The lowest BCUT2D eigenvalue weighted by Crippen LogP contribution is -2.18. The number of thioether (sulfide) groups is 1. The van der Waals surface area contributed by atoms with Crippen LogP contribution >= 0.6 is 23.1 Å². The third kappa shape index (κ3) is 3.32. The molecule has 0 atom stereocenters. The maximum absolute atomic E-state index is 12.4. The van der Waals surface area contributed by atoms with E-state index in [1.165, 1.54) is 15.8 Å². The third-order valence-electron chi connectivity index (χ3n) is 3.68. The van der Waals surface area contributed by atoms with Crippen LogP contribution in [0.3, 0.4) is 0 Å². The number of carbonyl (C=O) groups is 1. The molecule has 5 nitrogen and oxygen atoms in total. The van der Waals surface area contributed by atoms with Crippen molar-refractivity contribution in [3.05, 3.63) is 45.6 Å². The summed E-state index contributed by atoms with van der Waals surface area (Å²) in [5.41, 5.74) is 3.79. The second-order valence-electron chi connectivity index (χ2n) is 5.70. The van der Waals surface area contributed by atoms with E-state index in [0.717, 1.165) is 17.8 Å². The van der Waals surface area contributed by atoms with E-state index in [1.807, 2.05) is 0 Å². The molecule has 0 fully saturated rings. The quantitative estimate of drug-likeness (QED) is 0.710. The van der Waals surface area contributed by atoms with E-state index in [0.29, 0.717) is 10.6 Å². The van der Waals surface area contributed by atoms with Crippen LogP contribution in [0.4, 0.5) is 0 Å². The Morgan fingerprint density at radius 2 is 2.12 bits per heavy atom. The maximum atomic E-state index is 12.4. The normalized spacial score (nSPS) is 12.2. The fraction of sp³-hybridized carbons (Fsp3) is 0.353. The Morgan fingerprint density at radius 1 is 1.33 bits per heavy atom. The van der Waals surface area contributed by atoms with Gasteiger partial charge in [-0.3, -0.25) is 4.79 Å². The van der Waals surface area contributed by atoms with Crippen LogP contribution in [0.2, 0.25) is 0 Å². The predicted molar refractivity (Wildman–Crippen MR) is 98.8 cm³/mol. The van der Waals surface area contributed by atoms with Crippen molar-refractivity contribution in [2.24, 2.45) is 4.99 Å². The molecule has 24 heavy (non-hydrogen) atoms. The molecular weight excluding hydrogens is 342 g/mol. The number of hydrogen-bond donors (Lipinski definition) is 0. The van der Waals surface area contributed by atoms with Crippen LogP contribution in [0.5, 0.6) is 0 Å². The molecule has 3 aromatic rings. The lowest BCUT2D eigenvalue weighted by atomic mass is 10.1. The van der Waals surface area contributed by atoms with Gasteiger partial charge in [0, 0.05) is 18.4 Å². The third-order valence-corrected chi connectivity index (χ3v) is 5.50. The zero-order chi connectivity index (χ0) is 17.3. The van der Waals surface area contributed by atoms with E-state index in [4.69, 9.17) is 4.52 Å². The maximum Gasteiger partial charge on any atom is 0.301 e. The number of fused-ring (bicyclic) bond motifs is 1. The Bertz CT molecular complexity index is 966. The van der Waals surface area contributed by atoms with E-state index in [1.54, 1.807) is 36.1 Å². The number of thiazole rings is 1. The lowest BCUT2D eigenvalue weighted by molar-refractivity contribution is 0.0989. The molecule has 0 radical (unpaired) electrons. The summed E-state index contributed by atoms with van der Waals surface area (Å²) >= 11 is 3.32. The van der Waals surface area contributed by atoms with Crippen molar-refractivity contribution in [1.82, 2.24) is 9.72 Å². The highest BCUT2D eigenvalue weighted by molar-refractivity contribution is 7.98. The summed E-state index contributed by atoms with van der Waals surface area (Å²) in [5.74, 6) is 1.20. The summed E-state index contributed by atoms with van der Waals surface area (Å²) < 4.78 is 8.27. The molecule has 1 amide bonds. The molecule has 1 aromatic carbocycles. The molecule has 2 heterocycles. The number of carbonyl (C=O) groups excluding carboxylic acids is 1. The highest BCUT2D eigenvalue weighted by Crippen LogP contribution is 2.23. The zero-order valence-corrected chi connectivity index (χ0v) is 15.8. The summed E-state index contributed by atoms with van der Waals surface area (Å²) in [6, 6.07) is 5.92. The van der Waals surface area contributed by atoms with E-state index in [-0.39, 0.29) is 11.6 Å². The Balaban J connectivity index is 2.17. The topological polar surface area (TPSA) is 60.4 Å². The minimum absolute atomic E-state index is 0.245. The van der Waals surface area contributed by atoms with Crippen molar-refractivity contribution < 1.29 is 9.32 Å². The Hall–Kier alpha value is -1.86. The SMILES string of the molecule is CSCCn1c(=NC(=O)c2cc(C)on2)sc2c(C)cc(C)cc21. The van der Waals surface area contributed by atoms with Crippen LogP contribution in [0, 0.1) is 20.8 Å². The first-order chi connectivity index (χ1) is 11.5. The monoisotopic (exact) mass is 361 g/mol. The average Bonchev–Trinajstić information content (AvgIpc) is 3.10. The highest BCUT2D eigenvalue weighted by Gasteiger charge is 2.13. The van der Waals surface area contributed by atoms with Gasteiger partial charge in [-0.15, -0.1) is 0 Å². The number of benzene rings is 1. The van der Waals surface area contributed by atoms with Gasteiger partial charge in [0.1, 0.15) is 5.76 Å². The molecule has 0 N–H and O–H groups in total. The molecule has 0 aliphatic carbocycles. The minimum atomic E-state index is -0.370. The van der Waals surface area contributed by atoms with E-state index in [2.05, 4.69) is 47.0 Å². The molecule has 0 saturated heterocycles. The highest BCUT2D eigenvalue weighted by atomic mass is 32.2. The summed E-state index contributed by atoms with van der Waals surface area (Å²) in [6.07, 6.45) is 2.08. The fourth-order valence-electron chi connectivity index (χ4n) is 2.61. The van der Waals surface area contributed by atoms with Crippen LogP contribution in [-0.4, -0.2) is 27.6 Å². The molecule has 0 aliphatic rings. The molecule has 7 heteroatoms. The Labute approximate surface area is 148 Å². The molecule has 0 bridgehead atoms. The molecular formula is C17H19N3O2S2. The van der Waals surface area contributed by atoms with Crippen molar-refractivity contribution >= 4 is 39.2 Å². The molecule has 126 valence electrons. The summed E-state index contributed by atoms with van der Waals surface area (Å²) in [6.45, 7) is 6.75. The first-order valence-electron chi connectivity index (χ1n) is 7.61. The zero-order valence-electron chi connectivity index (χ0n) is 14.1. The van der Waals surface area contributed by atoms with Gasteiger partial charge in [0.25, 0.3) is 0 Å². The van der Waals surface area contributed by atoms with Crippen molar-refractivity contribution in [2.45, 2.75) is 27.3 Å². The fourth-order valence-corrected chi connectivity index (χ4v) is 4.08. The van der Waals surface area contributed by atoms with Gasteiger partial charge < -0.3 is 9.09 Å². The molecule has 0 unspecified atom stereocenters. The average molecular weight is 361 g/mol. The summed E-state index contributed by atoms with van der Waals surface area (Å²) in [4.78, 5) is 17.4. The van der Waals surface area contributed by atoms with Gasteiger partial charge in [-0.25, -0.2) is 0 Å². The van der Waals surface area contributed by atoms with Crippen LogP contribution in [0.15, 0.2) is 27.7 Å². The molecule has 0 spiro atoms. The number of hydrogen-bond acceptors (Lipinski definition) is 5. The van der Waals surface area contributed by atoms with Gasteiger partial charge >= 0.3 is 5.91 Å². The second-order valence-corrected chi connectivity index (χ2v) is 7.66. The number of aryl methyl sites for hydroxylation is 4. The Kier molecular flexibility index (Phi) is 4.91. The minimum Gasteiger partial charge on any atom is -0.361 e. The molecule has 2 aromatic heterocycles. The molecule has 0 aliphatic heterocycles. The number of amides is 1. The van der Waals surface area contributed by atoms with Gasteiger partial charge in [-0.2, -0.15) is 16.8 Å². The van der Waals surface area contributed by atoms with Crippen LogP contribution in [0.1, 0.15) is 27.4 Å². The van der Waals surface area contributed by atoms with Crippen molar-refractivity contribution in [2.75, 3.05) is 12.0 Å². The van der Waals surface area contributed by atoms with Gasteiger partial charge in [0.15, 0.2) is 10.5 Å². The largest absolute Gasteiger partial charge is 0.361 e. The van der Waals surface area contributed by atoms with Gasteiger partial charge in [0.05, 0.1) is 10.2 Å². The second kappa shape index (κ2) is 6.94. The van der Waals surface area contributed by atoms with Crippen LogP contribution < -0.4 is 4.80 Å². The first-order valence-corrected chi connectivity index (χ1v) is 9.82. The van der Waals surface area contributed by atoms with Gasteiger partial charge in [-0.05, 0) is 44.2 Å². The number of nitrogens with zero attached hydrogens (tertiary/aromatic N) is 3. The lowest BCUT2D eigenvalue weighted by Gasteiger charge is -2.05. The summed E-state index contributed by atoms with van der Waals surface area (Å²) in [5, 5.41) is 3.76. The number of aromatic nitrogens is 2. The van der Waals surface area contributed by atoms with Crippen LogP contribution in [0.25, 0.3) is 10.2 Å². The summed E-state index contributed by atoms with van der Waals surface area (Å²) in [7, 11) is 0. The van der Waals surface area contributed by atoms with Crippen LogP contribution in [-0.2, 0) is 6.54 Å². The molecule has 3 rings (SSSR count). The Morgan fingerprint density at radius 3 is 2.79 bits per heavy atom. The van der Waals surface area contributed by atoms with Crippen molar-refractivity contribution in [1.29, 1.82) is 0 Å². The predicted octanol–water partition coefficient (Wildman–Crippen LogP) is 3.72.